The lowest BCUT2D eigenvalue weighted by molar-refractivity contribution is 0.00993. The van der Waals surface area contributed by atoms with Gasteiger partial charge in [0.2, 0.25) is 0 Å². The van der Waals surface area contributed by atoms with Crippen LogP contribution in [-0.2, 0) is 4.74 Å². The van der Waals surface area contributed by atoms with E-state index in [1.807, 2.05) is 0 Å². The number of benzene rings is 1. The third kappa shape index (κ3) is 2.91. The number of rotatable bonds is 4. The smallest absolute Gasteiger partial charge is 0.0594 e. The third-order valence-electron chi connectivity index (χ3n) is 3.82. The van der Waals surface area contributed by atoms with Crippen molar-refractivity contribution >= 4 is 0 Å². The number of hydrogen-bond donors (Lipinski definition) is 1. The maximum absolute atomic E-state index is 6.37. The Hall–Kier alpha value is -0.900. The van der Waals surface area contributed by atoms with Crippen molar-refractivity contribution in [2.24, 2.45) is 5.73 Å². The van der Waals surface area contributed by atoms with Crippen molar-refractivity contribution < 1.29 is 4.74 Å². The van der Waals surface area contributed by atoms with E-state index in [-0.39, 0.29) is 6.04 Å². The molecule has 0 radical (unpaired) electrons. The summed E-state index contributed by atoms with van der Waals surface area (Å²) in [5.41, 5.74) is 9.07. The second-order valence-corrected chi connectivity index (χ2v) is 5.02. The molecule has 2 atom stereocenters. The predicted octanol–water partition coefficient (Wildman–Crippen LogP) is 2.11. The Kier molecular flexibility index (Phi) is 4.75. The summed E-state index contributed by atoms with van der Waals surface area (Å²) in [5.74, 6) is 0. The molecule has 1 aliphatic heterocycles. The van der Waals surface area contributed by atoms with Crippen molar-refractivity contribution in [2.75, 3.05) is 26.3 Å². The van der Waals surface area contributed by atoms with Crippen LogP contribution in [0, 0.1) is 6.92 Å². The Morgan fingerprint density at radius 2 is 1.94 bits per heavy atom. The van der Waals surface area contributed by atoms with Crippen molar-refractivity contribution in [1.82, 2.24) is 4.90 Å². The van der Waals surface area contributed by atoms with Gasteiger partial charge in [-0.2, -0.15) is 0 Å². The first-order chi connectivity index (χ1) is 8.74. The summed E-state index contributed by atoms with van der Waals surface area (Å²) < 4.78 is 5.45. The molecule has 1 aromatic carbocycles. The molecule has 3 nitrogen and oxygen atoms in total. The molecule has 0 saturated carbocycles. The molecule has 100 valence electrons. The molecule has 3 heteroatoms. The van der Waals surface area contributed by atoms with Crippen LogP contribution in [0.2, 0.25) is 0 Å². The molecule has 0 spiro atoms. The Balaban J connectivity index is 2.27. The van der Waals surface area contributed by atoms with E-state index >= 15 is 0 Å². The van der Waals surface area contributed by atoms with Crippen molar-refractivity contribution in [2.45, 2.75) is 32.4 Å². The zero-order valence-corrected chi connectivity index (χ0v) is 11.4. The van der Waals surface area contributed by atoms with E-state index in [0.717, 1.165) is 32.7 Å². The van der Waals surface area contributed by atoms with Crippen LogP contribution in [0.15, 0.2) is 24.3 Å². The Bertz CT molecular complexity index is 375. The van der Waals surface area contributed by atoms with Crippen LogP contribution in [0.25, 0.3) is 0 Å². The minimum atomic E-state index is 0.184. The molecule has 1 heterocycles. The first kappa shape index (κ1) is 13.5. The summed E-state index contributed by atoms with van der Waals surface area (Å²) in [7, 11) is 0. The highest BCUT2D eigenvalue weighted by Gasteiger charge is 2.27. The van der Waals surface area contributed by atoms with Gasteiger partial charge in [0.05, 0.1) is 19.3 Å². The summed E-state index contributed by atoms with van der Waals surface area (Å²) in [5, 5.41) is 0. The second kappa shape index (κ2) is 6.32. The van der Waals surface area contributed by atoms with Gasteiger partial charge in [-0.15, -0.1) is 0 Å². The van der Waals surface area contributed by atoms with Gasteiger partial charge >= 0.3 is 0 Å². The normalized spacial score (nSPS) is 20.6. The second-order valence-electron chi connectivity index (χ2n) is 5.02. The van der Waals surface area contributed by atoms with Crippen molar-refractivity contribution in [3.05, 3.63) is 35.4 Å². The average molecular weight is 248 g/mol. The highest BCUT2D eigenvalue weighted by molar-refractivity contribution is 5.30. The van der Waals surface area contributed by atoms with Gasteiger partial charge in [-0.1, -0.05) is 31.2 Å². The van der Waals surface area contributed by atoms with Crippen LogP contribution in [0.1, 0.15) is 30.5 Å². The first-order valence-electron chi connectivity index (χ1n) is 6.87. The number of morpholine rings is 1. The van der Waals surface area contributed by atoms with E-state index in [0.29, 0.717) is 6.04 Å². The van der Waals surface area contributed by atoms with Crippen molar-refractivity contribution in [1.29, 1.82) is 0 Å². The molecule has 2 rings (SSSR count). The molecule has 2 N–H and O–H groups in total. The lowest BCUT2D eigenvalue weighted by atomic mass is 9.92. The zero-order valence-electron chi connectivity index (χ0n) is 11.4. The average Bonchev–Trinajstić information content (AvgIpc) is 2.42. The fraction of sp³-hybridized carbons (Fsp3) is 0.600. The summed E-state index contributed by atoms with van der Waals surface area (Å²) in [4.78, 5) is 2.47. The molecule has 1 aromatic rings. The summed E-state index contributed by atoms with van der Waals surface area (Å²) in [6.45, 7) is 7.93. The SMILES string of the molecule is CCC(N)C(c1ccccc1C)N1CCOCC1. The van der Waals surface area contributed by atoms with Crippen LogP contribution in [-0.4, -0.2) is 37.2 Å². The number of hydrogen-bond acceptors (Lipinski definition) is 3. The van der Waals surface area contributed by atoms with E-state index in [2.05, 4.69) is 43.0 Å². The Labute approximate surface area is 110 Å². The fourth-order valence-electron chi connectivity index (χ4n) is 2.70. The minimum Gasteiger partial charge on any atom is -0.379 e. The van der Waals surface area contributed by atoms with Gasteiger partial charge in [-0.05, 0) is 24.5 Å². The van der Waals surface area contributed by atoms with E-state index < -0.39 is 0 Å². The maximum Gasteiger partial charge on any atom is 0.0594 e. The van der Waals surface area contributed by atoms with Gasteiger partial charge in [-0.3, -0.25) is 4.90 Å². The molecule has 2 unspecified atom stereocenters. The summed E-state index contributed by atoms with van der Waals surface area (Å²) in [6.07, 6.45) is 0.996. The molecule has 0 aromatic heterocycles. The van der Waals surface area contributed by atoms with Crippen LogP contribution >= 0.6 is 0 Å². The molecular weight excluding hydrogens is 224 g/mol. The molecule has 18 heavy (non-hydrogen) atoms. The van der Waals surface area contributed by atoms with Crippen LogP contribution in [0.3, 0.4) is 0 Å². The number of nitrogens with two attached hydrogens (primary N) is 1. The van der Waals surface area contributed by atoms with E-state index in [1.54, 1.807) is 0 Å². The number of ether oxygens (including phenoxy) is 1. The van der Waals surface area contributed by atoms with E-state index in [1.165, 1.54) is 11.1 Å². The first-order valence-corrected chi connectivity index (χ1v) is 6.87. The van der Waals surface area contributed by atoms with Gasteiger partial charge in [-0.25, -0.2) is 0 Å². The van der Waals surface area contributed by atoms with Gasteiger partial charge < -0.3 is 10.5 Å². The highest BCUT2D eigenvalue weighted by Crippen LogP contribution is 2.28. The lowest BCUT2D eigenvalue weighted by Gasteiger charge is -2.38. The quantitative estimate of drug-likeness (QED) is 0.887. The standard InChI is InChI=1S/C15H24N2O/c1-3-14(16)15(17-8-10-18-11-9-17)13-7-5-4-6-12(13)2/h4-7,14-15H,3,8-11,16H2,1-2H3. The zero-order chi connectivity index (χ0) is 13.0. The van der Waals surface area contributed by atoms with Gasteiger partial charge in [0.15, 0.2) is 0 Å². The van der Waals surface area contributed by atoms with Gasteiger partial charge in [0.1, 0.15) is 0 Å². The third-order valence-corrected chi connectivity index (χ3v) is 3.82. The lowest BCUT2D eigenvalue weighted by Crippen LogP contribution is -2.46. The van der Waals surface area contributed by atoms with E-state index in [9.17, 15) is 0 Å². The minimum absolute atomic E-state index is 0.184. The fourth-order valence-corrected chi connectivity index (χ4v) is 2.70. The maximum atomic E-state index is 6.37. The topological polar surface area (TPSA) is 38.5 Å². The molecule has 1 aliphatic rings. The number of nitrogens with zero attached hydrogens (tertiary/aromatic N) is 1. The Morgan fingerprint density at radius 3 is 2.56 bits per heavy atom. The molecule has 0 bridgehead atoms. The van der Waals surface area contributed by atoms with Crippen LogP contribution in [0.4, 0.5) is 0 Å². The molecule has 0 aliphatic carbocycles. The van der Waals surface area contributed by atoms with E-state index in [4.69, 9.17) is 10.5 Å². The van der Waals surface area contributed by atoms with Gasteiger partial charge in [0.25, 0.3) is 0 Å². The van der Waals surface area contributed by atoms with Crippen molar-refractivity contribution in [3.8, 4) is 0 Å². The largest absolute Gasteiger partial charge is 0.379 e. The van der Waals surface area contributed by atoms with Crippen LogP contribution < -0.4 is 5.73 Å². The van der Waals surface area contributed by atoms with Gasteiger partial charge in [0, 0.05) is 19.1 Å². The predicted molar refractivity (Wildman–Crippen MR) is 74.6 cm³/mol. The molecule has 1 saturated heterocycles. The van der Waals surface area contributed by atoms with Crippen molar-refractivity contribution in [3.63, 3.8) is 0 Å². The summed E-state index contributed by atoms with van der Waals surface area (Å²) >= 11 is 0. The molecule has 0 amide bonds. The number of aryl methyl sites for hydroxylation is 1. The Morgan fingerprint density at radius 1 is 1.28 bits per heavy atom. The molecular formula is C15H24N2O. The molecule has 1 fully saturated rings. The summed E-state index contributed by atoms with van der Waals surface area (Å²) in [6, 6.07) is 9.09. The van der Waals surface area contributed by atoms with Crippen LogP contribution in [0.5, 0.6) is 0 Å². The monoisotopic (exact) mass is 248 g/mol. The highest BCUT2D eigenvalue weighted by atomic mass is 16.5.